The molecule has 0 spiro atoms. The van der Waals surface area contributed by atoms with Gasteiger partial charge in [0, 0.05) is 5.56 Å². The van der Waals surface area contributed by atoms with Crippen LogP contribution < -0.4 is 0 Å². The van der Waals surface area contributed by atoms with Crippen LogP contribution in [0.2, 0.25) is 0 Å². The van der Waals surface area contributed by atoms with Crippen molar-refractivity contribution >= 4 is 50.0 Å². The average molecular weight is 308 g/mol. The van der Waals surface area contributed by atoms with E-state index in [4.69, 9.17) is 0 Å². The summed E-state index contributed by atoms with van der Waals surface area (Å²) in [6.07, 6.45) is 3.13. The van der Waals surface area contributed by atoms with E-state index >= 15 is 0 Å². The molecule has 0 aliphatic heterocycles. The van der Waals surface area contributed by atoms with E-state index in [2.05, 4.69) is 30.3 Å². The van der Waals surface area contributed by atoms with Crippen molar-refractivity contribution in [3.8, 4) is 0 Å². The molecule has 0 fully saturated rings. The van der Waals surface area contributed by atoms with Gasteiger partial charge >= 0.3 is 0 Å². The van der Waals surface area contributed by atoms with Gasteiger partial charge in [-0.25, -0.2) is 0 Å². The van der Waals surface area contributed by atoms with E-state index in [0.29, 0.717) is 5.56 Å². The predicted octanol–water partition coefficient (Wildman–Crippen LogP) is 4.92. The molecule has 2 heteroatoms. The van der Waals surface area contributed by atoms with E-state index in [1.54, 1.807) is 12.1 Å². The Bertz CT molecular complexity index is 1230. The molecule has 0 unspecified atom stereocenters. The lowest BCUT2D eigenvalue weighted by Crippen LogP contribution is -2.16. The van der Waals surface area contributed by atoms with Gasteiger partial charge in [-0.1, -0.05) is 42.5 Å². The largest absolute Gasteiger partial charge is 0.286 e. The molecule has 0 amide bonds. The van der Waals surface area contributed by atoms with Crippen LogP contribution in [-0.4, -0.2) is 11.6 Å². The molecular formula is C22H12O2. The number of hydrogen-bond donors (Lipinski definition) is 0. The highest BCUT2D eigenvalue weighted by molar-refractivity contribution is 6.50. The van der Waals surface area contributed by atoms with Crippen molar-refractivity contribution in [2.24, 2.45) is 0 Å². The smallest absolute Gasteiger partial charge is 0.233 e. The molecule has 0 aromatic heterocycles. The molecule has 24 heavy (non-hydrogen) atoms. The standard InChI is InChI=1S/C22H12O2/c23-21-10-9-17-16-6-5-15-11-13-3-1-2-4-14(13)12-20(15)18(16)7-8-19(17)22(21)24/h1-12H. The molecule has 4 aromatic carbocycles. The predicted molar refractivity (Wildman–Crippen MR) is 97.3 cm³/mol. The second kappa shape index (κ2) is 4.62. The van der Waals surface area contributed by atoms with Gasteiger partial charge in [0.25, 0.3) is 0 Å². The van der Waals surface area contributed by atoms with Crippen molar-refractivity contribution < 1.29 is 9.59 Å². The van der Waals surface area contributed by atoms with Gasteiger partial charge in [-0.15, -0.1) is 0 Å². The fourth-order valence-electron chi connectivity index (χ4n) is 3.60. The lowest BCUT2D eigenvalue weighted by atomic mass is 9.88. The number of allylic oxidation sites excluding steroid dienone is 1. The van der Waals surface area contributed by atoms with Gasteiger partial charge in [0.05, 0.1) is 0 Å². The fourth-order valence-corrected chi connectivity index (χ4v) is 3.60. The third-order valence-corrected chi connectivity index (χ3v) is 4.79. The molecule has 2 nitrogen and oxygen atoms in total. The number of carbonyl (C=O) groups is 2. The number of Topliss-reactive ketones (excluding diaryl/α,β-unsaturated/α-hetero) is 1. The molecule has 0 radical (unpaired) electrons. The third kappa shape index (κ3) is 1.71. The average Bonchev–Trinajstić information content (AvgIpc) is 2.62. The molecule has 5 rings (SSSR count). The number of rotatable bonds is 0. The number of ketones is 2. The number of carbonyl (C=O) groups excluding carboxylic acids is 2. The Morgan fingerprint density at radius 1 is 0.583 bits per heavy atom. The van der Waals surface area contributed by atoms with Gasteiger partial charge in [0.15, 0.2) is 0 Å². The number of fused-ring (bicyclic) bond motifs is 6. The molecule has 0 heterocycles. The molecular weight excluding hydrogens is 296 g/mol. The van der Waals surface area contributed by atoms with Crippen LogP contribution >= 0.6 is 0 Å². The van der Waals surface area contributed by atoms with Crippen LogP contribution in [0.5, 0.6) is 0 Å². The van der Waals surface area contributed by atoms with Crippen LogP contribution in [0.4, 0.5) is 0 Å². The quantitative estimate of drug-likeness (QED) is 0.262. The minimum Gasteiger partial charge on any atom is -0.286 e. The number of benzene rings is 4. The van der Waals surface area contributed by atoms with Gasteiger partial charge in [-0.05, 0) is 68.2 Å². The van der Waals surface area contributed by atoms with Crippen molar-refractivity contribution in [1.29, 1.82) is 0 Å². The summed E-state index contributed by atoms with van der Waals surface area (Å²) < 4.78 is 0. The molecule has 112 valence electrons. The van der Waals surface area contributed by atoms with Gasteiger partial charge in [0.1, 0.15) is 0 Å². The Kier molecular flexibility index (Phi) is 2.54. The zero-order valence-electron chi connectivity index (χ0n) is 12.7. The van der Waals surface area contributed by atoms with Crippen molar-refractivity contribution in [1.82, 2.24) is 0 Å². The maximum Gasteiger partial charge on any atom is 0.233 e. The molecule has 4 aromatic rings. The van der Waals surface area contributed by atoms with Gasteiger partial charge in [-0.3, -0.25) is 9.59 Å². The van der Waals surface area contributed by atoms with E-state index in [1.165, 1.54) is 22.2 Å². The summed E-state index contributed by atoms with van der Waals surface area (Å²) in [5.74, 6) is -0.873. The van der Waals surface area contributed by atoms with Gasteiger partial charge in [0.2, 0.25) is 11.6 Å². The highest BCUT2D eigenvalue weighted by Gasteiger charge is 2.22. The van der Waals surface area contributed by atoms with Gasteiger partial charge in [-0.2, -0.15) is 0 Å². The van der Waals surface area contributed by atoms with Crippen molar-refractivity contribution in [3.05, 3.63) is 77.9 Å². The molecule has 1 aliphatic rings. The van der Waals surface area contributed by atoms with E-state index in [0.717, 1.165) is 21.7 Å². The SMILES string of the molecule is O=C1C=Cc2c(ccc3c2ccc2cc4ccccc4cc23)C1=O. The minimum absolute atomic E-state index is 0.423. The van der Waals surface area contributed by atoms with Crippen LogP contribution in [0.3, 0.4) is 0 Å². The maximum absolute atomic E-state index is 12.1. The fraction of sp³-hybridized carbons (Fsp3) is 0. The minimum atomic E-state index is -0.450. The molecule has 0 bridgehead atoms. The first kappa shape index (κ1) is 13.2. The summed E-state index contributed by atoms with van der Waals surface area (Å²) in [6.45, 7) is 0. The first-order valence-corrected chi connectivity index (χ1v) is 7.87. The topological polar surface area (TPSA) is 34.1 Å². The van der Waals surface area contributed by atoms with Crippen LogP contribution in [-0.2, 0) is 4.79 Å². The van der Waals surface area contributed by atoms with Crippen LogP contribution in [0.1, 0.15) is 15.9 Å². The molecule has 1 aliphatic carbocycles. The number of hydrogen-bond acceptors (Lipinski definition) is 2. The lowest BCUT2D eigenvalue weighted by molar-refractivity contribution is -0.110. The maximum atomic E-state index is 12.1. The highest BCUT2D eigenvalue weighted by Crippen LogP contribution is 2.34. The Balaban J connectivity index is 1.93. The van der Waals surface area contributed by atoms with E-state index in [-0.39, 0.29) is 0 Å². The Labute approximate surface area is 138 Å². The summed E-state index contributed by atoms with van der Waals surface area (Å²) in [5.41, 5.74) is 1.34. The van der Waals surface area contributed by atoms with Crippen LogP contribution in [0.15, 0.2) is 66.7 Å². The van der Waals surface area contributed by atoms with Crippen molar-refractivity contribution in [3.63, 3.8) is 0 Å². The summed E-state index contributed by atoms with van der Waals surface area (Å²) in [6, 6.07) is 20.5. The Morgan fingerprint density at radius 3 is 2.17 bits per heavy atom. The second-order valence-corrected chi connectivity index (χ2v) is 6.13. The van der Waals surface area contributed by atoms with E-state index in [9.17, 15) is 9.59 Å². The van der Waals surface area contributed by atoms with Gasteiger partial charge < -0.3 is 0 Å². The Morgan fingerprint density at radius 2 is 1.33 bits per heavy atom. The first-order chi connectivity index (χ1) is 11.7. The van der Waals surface area contributed by atoms with Crippen molar-refractivity contribution in [2.45, 2.75) is 0 Å². The zero-order valence-corrected chi connectivity index (χ0v) is 12.7. The van der Waals surface area contributed by atoms with Crippen LogP contribution in [0.25, 0.3) is 38.4 Å². The van der Waals surface area contributed by atoms with Crippen molar-refractivity contribution in [2.75, 3.05) is 0 Å². The third-order valence-electron chi connectivity index (χ3n) is 4.79. The van der Waals surface area contributed by atoms with Crippen LogP contribution in [0, 0.1) is 0 Å². The highest BCUT2D eigenvalue weighted by atomic mass is 16.2. The monoisotopic (exact) mass is 308 g/mol. The van der Waals surface area contributed by atoms with E-state index in [1.807, 2.05) is 24.3 Å². The summed E-state index contributed by atoms with van der Waals surface area (Å²) >= 11 is 0. The molecule has 0 saturated carbocycles. The van der Waals surface area contributed by atoms with E-state index < -0.39 is 11.6 Å². The Hall–Kier alpha value is -3.26. The first-order valence-electron chi connectivity index (χ1n) is 7.87. The second-order valence-electron chi connectivity index (χ2n) is 6.13. The summed E-state index contributed by atoms with van der Waals surface area (Å²) in [4.78, 5) is 23.7. The molecule has 0 atom stereocenters. The molecule has 0 N–H and O–H groups in total. The summed E-state index contributed by atoms with van der Waals surface area (Å²) in [5, 5.41) is 6.84. The summed E-state index contributed by atoms with van der Waals surface area (Å²) in [7, 11) is 0. The molecule has 0 saturated heterocycles. The lowest BCUT2D eigenvalue weighted by Gasteiger charge is -2.13. The zero-order chi connectivity index (χ0) is 16.3. The normalized spacial score (nSPS) is 13.8.